The zero-order valence-corrected chi connectivity index (χ0v) is 17.0. The predicted molar refractivity (Wildman–Crippen MR) is 107 cm³/mol. The zero-order chi connectivity index (χ0) is 21.2. The van der Waals surface area contributed by atoms with E-state index in [-0.39, 0.29) is 12.7 Å². The van der Waals surface area contributed by atoms with Crippen LogP contribution in [0.4, 0.5) is 0 Å². The number of rotatable bonds is 3. The summed E-state index contributed by atoms with van der Waals surface area (Å²) >= 11 is 0. The number of ether oxygens (including phenoxy) is 5. The molecule has 0 bridgehead atoms. The number of Topliss-reactive ketones (excluding diaryl/α,β-unsaturated/α-hetero) is 1. The summed E-state index contributed by atoms with van der Waals surface area (Å²) in [6.07, 6.45) is -0.501. The van der Waals surface area contributed by atoms with Gasteiger partial charge in [0.2, 0.25) is 5.78 Å². The molecular weight excluding hydrogens is 388 g/mol. The van der Waals surface area contributed by atoms with Gasteiger partial charge in [0.15, 0.2) is 23.2 Å². The van der Waals surface area contributed by atoms with E-state index in [4.69, 9.17) is 23.7 Å². The second-order valence-corrected chi connectivity index (χ2v) is 7.79. The van der Waals surface area contributed by atoms with Gasteiger partial charge in [0.05, 0.1) is 19.8 Å². The first-order valence-corrected chi connectivity index (χ1v) is 9.69. The van der Waals surface area contributed by atoms with E-state index in [1.54, 1.807) is 24.3 Å². The largest absolute Gasteiger partial charge is 0.493 e. The maximum absolute atomic E-state index is 13.6. The van der Waals surface area contributed by atoms with E-state index < -0.39 is 17.5 Å². The lowest BCUT2D eigenvalue weighted by molar-refractivity contribution is -0.0802. The zero-order valence-electron chi connectivity index (χ0n) is 17.0. The molecular formula is C23H22O7. The lowest BCUT2D eigenvalue weighted by Crippen LogP contribution is -2.57. The molecule has 0 radical (unpaired) electrons. The third-order valence-electron chi connectivity index (χ3n) is 6.03. The van der Waals surface area contributed by atoms with Crippen LogP contribution in [0, 0.1) is 0 Å². The molecule has 0 unspecified atom stereocenters. The molecule has 3 atom stereocenters. The highest BCUT2D eigenvalue weighted by molar-refractivity contribution is 6.07. The number of carbonyl (C=O) groups is 1. The number of benzene rings is 2. The molecule has 5 rings (SSSR count). The van der Waals surface area contributed by atoms with Crippen LogP contribution in [-0.2, 0) is 12.0 Å². The highest BCUT2D eigenvalue weighted by Crippen LogP contribution is 2.51. The Kier molecular flexibility index (Phi) is 4.02. The van der Waals surface area contributed by atoms with Crippen molar-refractivity contribution in [2.24, 2.45) is 0 Å². The van der Waals surface area contributed by atoms with Crippen LogP contribution in [0.15, 0.2) is 36.4 Å². The molecule has 0 aliphatic carbocycles. The summed E-state index contributed by atoms with van der Waals surface area (Å²) in [5.74, 6) is 1.88. The van der Waals surface area contributed by atoms with E-state index in [1.165, 1.54) is 14.2 Å². The molecule has 0 saturated carbocycles. The minimum Gasteiger partial charge on any atom is -0.493 e. The lowest BCUT2D eigenvalue weighted by Gasteiger charge is -2.43. The average Bonchev–Trinajstić information content (AvgIpc) is 3.19. The molecule has 7 nitrogen and oxygen atoms in total. The van der Waals surface area contributed by atoms with Crippen LogP contribution in [0.5, 0.6) is 28.7 Å². The molecule has 3 heterocycles. The Morgan fingerprint density at radius 1 is 1.17 bits per heavy atom. The molecule has 0 spiro atoms. The summed E-state index contributed by atoms with van der Waals surface area (Å²) < 4.78 is 28.6. The Balaban J connectivity index is 1.63. The molecule has 0 aromatic heterocycles. The molecule has 156 valence electrons. The summed E-state index contributed by atoms with van der Waals surface area (Å²) in [7, 11) is 3.00. The molecule has 3 aliphatic rings. The van der Waals surface area contributed by atoms with Crippen molar-refractivity contribution in [3.63, 3.8) is 0 Å². The van der Waals surface area contributed by atoms with Gasteiger partial charge in [-0.25, -0.2) is 0 Å². The van der Waals surface area contributed by atoms with Crippen molar-refractivity contribution in [3.8, 4) is 28.7 Å². The summed E-state index contributed by atoms with van der Waals surface area (Å²) in [5, 5.41) is 11.6. The number of aliphatic hydroxyl groups is 1. The second-order valence-electron chi connectivity index (χ2n) is 7.79. The van der Waals surface area contributed by atoms with Crippen LogP contribution in [0.3, 0.4) is 0 Å². The number of fused-ring (bicyclic) bond motifs is 6. The molecule has 30 heavy (non-hydrogen) atoms. The van der Waals surface area contributed by atoms with E-state index in [0.717, 1.165) is 11.1 Å². The summed E-state index contributed by atoms with van der Waals surface area (Å²) in [6, 6.07) is 6.57. The van der Waals surface area contributed by atoms with Gasteiger partial charge < -0.3 is 28.8 Å². The van der Waals surface area contributed by atoms with Gasteiger partial charge in [-0.1, -0.05) is 6.58 Å². The molecule has 3 aliphatic heterocycles. The number of hydrogen-bond donors (Lipinski definition) is 1. The first-order valence-electron chi connectivity index (χ1n) is 9.69. The van der Waals surface area contributed by atoms with Gasteiger partial charge >= 0.3 is 0 Å². The van der Waals surface area contributed by atoms with Gasteiger partial charge in [0.1, 0.15) is 30.0 Å². The molecule has 0 fully saturated rings. The van der Waals surface area contributed by atoms with E-state index >= 15 is 0 Å². The molecule has 0 amide bonds. The van der Waals surface area contributed by atoms with Crippen molar-refractivity contribution in [1.29, 1.82) is 0 Å². The van der Waals surface area contributed by atoms with Gasteiger partial charge in [-0.15, -0.1) is 0 Å². The average molecular weight is 410 g/mol. The quantitative estimate of drug-likeness (QED) is 0.779. The van der Waals surface area contributed by atoms with Gasteiger partial charge in [-0.3, -0.25) is 4.79 Å². The van der Waals surface area contributed by atoms with Gasteiger partial charge in [-0.2, -0.15) is 0 Å². The van der Waals surface area contributed by atoms with Crippen LogP contribution in [0.1, 0.15) is 28.4 Å². The second kappa shape index (κ2) is 6.40. The maximum atomic E-state index is 13.6. The van der Waals surface area contributed by atoms with Gasteiger partial charge in [-0.05, 0) is 30.7 Å². The van der Waals surface area contributed by atoms with Crippen molar-refractivity contribution >= 4 is 5.78 Å². The number of hydrogen-bond acceptors (Lipinski definition) is 7. The van der Waals surface area contributed by atoms with Crippen LogP contribution >= 0.6 is 0 Å². The summed E-state index contributed by atoms with van der Waals surface area (Å²) in [5.41, 5.74) is 0.426. The Hall–Kier alpha value is -3.19. The van der Waals surface area contributed by atoms with Gasteiger partial charge in [0, 0.05) is 23.6 Å². The number of methoxy groups -OCH3 is 2. The molecule has 2 aromatic carbocycles. The Labute approximate surface area is 173 Å². The van der Waals surface area contributed by atoms with Crippen molar-refractivity contribution in [3.05, 3.63) is 53.1 Å². The molecule has 1 N–H and O–H groups in total. The molecule has 2 aromatic rings. The third kappa shape index (κ3) is 2.38. The fourth-order valence-corrected chi connectivity index (χ4v) is 4.35. The predicted octanol–water partition coefficient (Wildman–Crippen LogP) is 2.81. The minimum atomic E-state index is -1.90. The highest BCUT2D eigenvalue weighted by Gasteiger charge is 2.56. The fourth-order valence-electron chi connectivity index (χ4n) is 4.35. The molecule has 7 heteroatoms. The van der Waals surface area contributed by atoms with Crippen molar-refractivity contribution in [2.45, 2.75) is 31.2 Å². The Morgan fingerprint density at radius 3 is 2.60 bits per heavy atom. The lowest BCUT2D eigenvalue weighted by atomic mass is 9.77. The van der Waals surface area contributed by atoms with E-state index in [0.29, 0.717) is 46.3 Å². The van der Waals surface area contributed by atoms with Crippen LogP contribution < -0.4 is 23.7 Å². The fraction of sp³-hybridized carbons (Fsp3) is 0.348. The standard InChI is InChI=1S/C23H22O7/c1-11(2)16-7-13-15(29-16)6-5-12-21(13)30-20-10-28-17-9-19(27-4)18(26-3)8-14(17)23(20,25)22(12)24/h5-6,8-9,16,20,25H,1,7,10H2,2-4H3/t16-,20-,23+/m1/s1. The molecule has 0 saturated heterocycles. The highest BCUT2D eigenvalue weighted by atomic mass is 16.6. The summed E-state index contributed by atoms with van der Waals surface area (Å²) in [4.78, 5) is 13.6. The third-order valence-corrected chi connectivity index (χ3v) is 6.03. The van der Waals surface area contributed by atoms with E-state index in [9.17, 15) is 9.90 Å². The maximum Gasteiger partial charge on any atom is 0.206 e. The summed E-state index contributed by atoms with van der Waals surface area (Å²) in [6.45, 7) is 5.88. The Bertz CT molecular complexity index is 1090. The van der Waals surface area contributed by atoms with Crippen molar-refractivity contribution < 1.29 is 33.6 Å². The van der Waals surface area contributed by atoms with Crippen molar-refractivity contribution in [1.82, 2.24) is 0 Å². The first-order chi connectivity index (χ1) is 14.4. The van der Waals surface area contributed by atoms with Crippen LogP contribution in [-0.4, -0.2) is 43.9 Å². The normalized spacial score (nSPS) is 25.5. The number of ketones is 1. The van der Waals surface area contributed by atoms with E-state index in [1.807, 2.05) is 6.92 Å². The van der Waals surface area contributed by atoms with E-state index in [2.05, 4.69) is 6.58 Å². The monoisotopic (exact) mass is 410 g/mol. The van der Waals surface area contributed by atoms with Crippen LogP contribution in [0.2, 0.25) is 0 Å². The SMILES string of the molecule is C=C(C)[C@H]1Cc2c(ccc3c2O[C@@H]2COc4cc(OC)c(OC)cc4[C@@]2(O)C3=O)O1. The van der Waals surface area contributed by atoms with Gasteiger partial charge in [0.25, 0.3) is 0 Å². The number of carbonyl (C=O) groups excluding carboxylic acids is 1. The first kappa shape index (κ1) is 18.8. The van der Waals surface area contributed by atoms with Crippen molar-refractivity contribution in [2.75, 3.05) is 20.8 Å². The van der Waals surface area contributed by atoms with Crippen LogP contribution in [0.25, 0.3) is 0 Å². The minimum absolute atomic E-state index is 0.0125. The smallest absolute Gasteiger partial charge is 0.206 e. The Morgan fingerprint density at radius 2 is 1.90 bits per heavy atom. The topological polar surface area (TPSA) is 83.5 Å².